The van der Waals surface area contributed by atoms with Crippen molar-refractivity contribution in [1.82, 2.24) is 9.80 Å². The topological polar surface area (TPSA) is 66.6 Å². The molecule has 142 valence electrons. The molecular formula is C21H31N3O2. The van der Waals surface area contributed by atoms with Crippen LogP contribution in [0.2, 0.25) is 0 Å². The van der Waals surface area contributed by atoms with Crippen molar-refractivity contribution < 1.29 is 9.59 Å². The minimum absolute atomic E-state index is 0.262. The molecule has 2 fully saturated rings. The third-order valence-electron chi connectivity index (χ3n) is 5.77. The Hall–Kier alpha value is -1.88. The number of hydrogen-bond donors (Lipinski definition) is 1. The largest absolute Gasteiger partial charge is 0.369 e. The fourth-order valence-corrected chi connectivity index (χ4v) is 4.11. The molecule has 0 unspecified atom stereocenters. The van der Waals surface area contributed by atoms with E-state index in [2.05, 4.69) is 17.9 Å². The van der Waals surface area contributed by atoms with Gasteiger partial charge in [-0.1, -0.05) is 31.5 Å². The van der Waals surface area contributed by atoms with Gasteiger partial charge in [0.25, 0.3) is 0 Å². The van der Waals surface area contributed by atoms with Crippen LogP contribution in [0.25, 0.3) is 0 Å². The van der Waals surface area contributed by atoms with Gasteiger partial charge in [0, 0.05) is 25.6 Å². The minimum atomic E-state index is -0.302. The van der Waals surface area contributed by atoms with Crippen molar-refractivity contribution in [2.45, 2.75) is 57.9 Å². The molecular weight excluding hydrogens is 326 g/mol. The molecule has 1 aromatic rings. The van der Waals surface area contributed by atoms with E-state index in [-0.39, 0.29) is 18.2 Å². The highest BCUT2D eigenvalue weighted by molar-refractivity contribution is 5.78. The summed E-state index contributed by atoms with van der Waals surface area (Å²) >= 11 is 0. The van der Waals surface area contributed by atoms with Crippen LogP contribution in [-0.2, 0) is 28.9 Å². The van der Waals surface area contributed by atoms with Crippen LogP contribution in [0.3, 0.4) is 0 Å². The van der Waals surface area contributed by atoms with E-state index < -0.39 is 0 Å². The smallest absolute Gasteiger partial charge is 0.223 e. The van der Waals surface area contributed by atoms with Gasteiger partial charge < -0.3 is 10.6 Å². The highest BCUT2D eigenvalue weighted by atomic mass is 16.2. The summed E-state index contributed by atoms with van der Waals surface area (Å²) in [5.74, 6) is -0.0406. The quantitative estimate of drug-likeness (QED) is 0.810. The van der Waals surface area contributed by atoms with Gasteiger partial charge in [0.1, 0.15) is 0 Å². The number of carbonyl (C=O) groups is 2. The predicted molar refractivity (Wildman–Crippen MR) is 103 cm³/mol. The average molecular weight is 357 g/mol. The molecule has 5 nitrogen and oxygen atoms in total. The zero-order valence-corrected chi connectivity index (χ0v) is 15.9. The standard InChI is InChI=1S/C21H31N3O2/c1-2-17-12-16(6-8-18(17)13-20(22)25)7-9-21(26)24-14-19(15-24)23-10-4-3-5-11-23/h6,8,12,19H,2-5,7,9-11,13-15H2,1H3,(H2,22,25). The zero-order chi connectivity index (χ0) is 18.5. The zero-order valence-electron chi connectivity index (χ0n) is 15.9. The summed E-state index contributed by atoms with van der Waals surface area (Å²) in [4.78, 5) is 28.2. The Morgan fingerprint density at radius 2 is 1.85 bits per heavy atom. The third-order valence-corrected chi connectivity index (χ3v) is 5.77. The van der Waals surface area contributed by atoms with E-state index in [9.17, 15) is 9.59 Å². The summed E-state index contributed by atoms with van der Waals surface area (Å²) in [5.41, 5.74) is 8.63. The second kappa shape index (κ2) is 8.67. The number of benzene rings is 1. The van der Waals surface area contributed by atoms with Gasteiger partial charge in [0.15, 0.2) is 0 Å². The molecule has 3 rings (SSSR count). The lowest BCUT2D eigenvalue weighted by Crippen LogP contribution is -2.61. The lowest BCUT2D eigenvalue weighted by Gasteiger charge is -2.46. The molecule has 2 saturated heterocycles. The number of aryl methyl sites for hydroxylation is 2. The molecule has 0 aliphatic carbocycles. The molecule has 2 N–H and O–H groups in total. The van der Waals surface area contributed by atoms with E-state index in [1.54, 1.807) is 0 Å². The summed E-state index contributed by atoms with van der Waals surface area (Å²) in [6.45, 7) is 6.27. The number of piperidine rings is 1. The van der Waals surface area contributed by atoms with Gasteiger partial charge in [-0.25, -0.2) is 0 Å². The van der Waals surface area contributed by atoms with E-state index in [0.717, 1.165) is 42.6 Å². The van der Waals surface area contributed by atoms with Gasteiger partial charge in [-0.2, -0.15) is 0 Å². The molecule has 0 atom stereocenters. The van der Waals surface area contributed by atoms with Gasteiger partial charge in [-0.3, -0.25) is 14.5 Å². The Bertz CT molecular complexity index is 647. The lowest BCUT2D eigenvalue weighted by atomic mass is 9.97. The SMILES string of the molecule is CCc1cc(CCC(=O)N2CC(N3CCCCC3)C2)ccc1CC(N)=O. The van der Waals surface area contributed by atoms with Crippen LogP contribution >= 0.6 is 0 Å². The number of nitrogens with zero attached hydrogens (tertiary/aromatic N) is 2. The van der Waals surface area contributed by atoms with Crippen LogP contribution in [0.5, 0.6) is 0 Å². The summed E-state index contributed by atoms with van der Waals surface area (Å²) in [7, 11) is 0. The van der Waals surface area contributed by atoms with Crippen molar-refractivity contribution in [3.8, 4) is 0 Å². The molecule has 0 radical (unpaired) electrons. The second-order valence-corrected chi connectivity index (χ2v) is 7.65. The summed E-state index contributed by atoms with van der Waals surface area (Å²) in [6, 6.07) is 6.72. The molecule has 0 bridgehead atoms. The van der Waals surface area contributed by atoms with E-state index in [4.69, 9.17) is 5.73 Å². The van der Waals surface area contributed by atoms with Crippen molar-refractivity contribution in [1.29, 1.82) is 0 Å². The number of primary amides is 1. The van der Waals surface area contributed by atoms with Crippen LogP contribution in [0, 0.1) is 0 Å². The Kier molecular flexibility index (Phi) is 6.30. The van der Waals surface area contributed by atoms with Crippen molar-refractivity contribution in [2.75, 3.05) is 26.2 Å². The van der Waals surface area contributed by atoms with Gasteiger partial charge in [0.2, 0.25) is 11.8 Å². The van der Waals surface area contributed by atoms with E-state index in [1.807, 2.05) is 17.0 Å². The summed E-state index contributed by atoms with van der Waals surface area (Å²) in [5, 5.41) is 0. The molecule has 5 heteroatoms. The highest BCUT2D eigenvalue weighted by Crippen LogP contribution is 2.21. The summed E-state index contributed by atoms with van der Waals surface area (Å²) in [6.07, 6.45) is 6.43. The van der Waals surface area contributed by atoms with E-state index in [1.165, 1.54) is 32.4 Å². The van der Waals surface area contributed by atoms with Crippen LogP contribution in [0.1, 0.15) is 49.3 Å². The maximum absolute atomic E-state index is 12.4. The van der Waals surface area contributed by atoms with Crippen LogP contribution in [-0.4, -0.2) is 53.8 Å². The molecule has 2 aliphatic heterocycles. The maximum Gasteiger partial charge on any atom is 0.223 e. The van der Waals surface area contributed by atoms with E-state index >= 15 is 0 Å². The van der Waals surface area contributed by atoms with Gasteiger partial charge >= 0.3 is 0 Å². The molecule has 2 aliphatic rings. The number of amides is 2. The van der Waals surface area contributed by atoms with E-state index in [0.29, 0.717) is 12.5 Å². The minimum Gasteiger partial charge on any atom is -0.369 e. The fourth-order valence-electron chi connectivity index (χ4n) is 4.11. The lowest BCUT2D eigenvalue weighted by molar-refractivity contribution is -0.138. The van der Waals surface area contributed by atoms with Gasteiger partial charge in [-0.05, 0) is 55.5 Å². The third kappa shape index (κ3) is 4.64. The summed E-state index contributed by atoms with van der Waals surface area (Å²) < 4.78 is 0. The normalized spacial score (nSPS) is 18.6. The monoisotopic (exact) mass is 357 g/mol. The van der Waals surface area contributed by atoms with Gasteiger partial charge in [0.05, 0.1) is 6.42 Å². The van der Waals surface area contributed by atoms with Crippen molar-refractivity contribution in [2.24, 2.45) is 5.73 Å². The Morgan fingerprint density at radius 1 is 1.12 bits per heavy atom. The molecule has 26 heavy (non-hydrogen) atoms. The first-order valence-corrected chi connectivity index (χ1v) is 9.97. The maximum atomic E-state index is 12.4. The molecule has 2 heterocycles. The number of hydrogen-bond acceptors (Lipinski definition) is 3. The first-order chi connectivity index (χ1) is 12.6. The predicted octanol–water partition coefficient (Wildman–Crippen LogP) is 1.91. The van der Waals surface area contributed by atoms with Crippen molar-refractivity contribution in [3.63, 3.8) is 0 Å². The first kappa shape index (κ1) is 18.9. The number of likely N-dealkylation sites (tertiary alicyclic amines) is 2. The van der Waals surface area contributed by atoms with Crippen molar-refractivity contribution in [3.05, 3.63) is 34.9 Å². The van der Waals surface area contributed by atoms with Crippen LogP contribution in [0.15, 0.2) is 18.2 Å². The average Bonchev–Trinajstić information content (AvgIpc) is 2.60. The van der Waals surface area contributed by atoms with Crippen molar-refractivity contribution >= 4 is 11.8 Å². The molecule has 0 saturated carbocycles. The molecule has 2 amide bonds. The number of carbonyl (C=O) groups excluding carboxylic acids is 2. The fraction of sp³-hybridized carbons (Fsp3) is 0.619. The Balaban J connectivity index is 1.47. The highest BCUT2D eigenvalue weighted by Gasteiger charge is 2.34. The number of rotatable bonds is 7. The Morgan fingerprint density at radius 3 is 2.50 bits per heavy atom. The first-order valence-electron chi connectivity index (χ1n) is 9.97. The Labute approximate surface area is 156 Å². The molecule has 1 aromatic carbocycles. The second-order valence-electron chi connectivity index (χ2n) is 7.65. The number of nitrogens with two attached hydrogens (primary N) is 1. The molecule has 0 aromatic heterocycles. The molecule has 0 spiro atoms. The van der Waals surface area contributed by atoms with Crippen LogP contribution < -0.4 is 5.73 Å². The van der Waals surface area contributed by atoms with Gasteiger partial charge in [-0.15, -0.1) is 0 Å². The van der Waals surface area contributed by atoms with Crippen LogP contribution in [0.4, 0.5) is 0 Å².